The quantitative estimate of drug-likeness (QED) is 0.875. The Labute approximate surface area is 119 Å². The third-order valence-electron chi connectivity index (χ3n) is 3.35. The number of aryl methyl sites for hydroxylation is 2. The van der Waals surface area contributed by atoms with Crippen LogP contribution in [0.25, 0.3) is 0 Å². The average Bonchev–Trinajstić information content (AvgIpc) is 2.43. The van der Waals surface area contributed by atoms with Crippen molar-refractivity contribution in [1.82, 2.24) is 5.32 Å². The van der Waals surface area contributed by atoms with E-state index in [1.54, 1.807) is 12.1 Å². The molecule has 3 nitrogen and oxygen atoms in total. The van der Waals surface area contributed by atoms with Gasteiger partial charge < -0.3 is 10.4 Å². The number of carbonyl (C=O) groups is 1. The molecule has 0 saturated heterocycles. The van der Waals surface area contributed by atoms with Gasteiger partial charge in [0.15, 0.2) is 0 Å². The summed E-state index contributed by atoms with van der Waals surface area (Å²) in [7, 11) is 0. The first-order chi connectivity index (χ1) is 9.56. The molecule has 3 heteroatoms. The minimum atomic E-state index is -0.889. The Hall–Kier alpha value is -2.13. The lowest BCUT2D eigenvalue weighted by molar-refractivity contribution is 0.0697. The zero-order valence-electron chi connectivity index (χ0n) is 11.8. The summed E-state index contributed by atoms with van der Waals surface area (Å²) < 4.78 is 0. The minimum absolute atomic E-state index is 0.322. The Balaban J connectivity index is 1.92. The van der Waals surface area contributed by atoms with E-state index in [2.05, 4.69) is 37.4 Å². The van der Waals surface area contributed by atoms with Crippen molar-refractivity contribution in [2.45, 2.75) is 26.9 Å². The minimum Gasteiger partial charge on any atom is -0.478 e. The van der Waals surface area contributed by atoms with E-state index in [-0.39, 0.29) is 0 Å². The predicted octanol–water partition coefficient (Wildman–Crippen LogP) is 3.29. The molecule has 20 heavy (non-hydrogen) atoms. The van der Waals surface area contributed by atoms with E-state index < -0.39 is 5.97 Å². The molecule has 0 amide bonds. The van der Waals surface area contributed by atoms with Gasteiger partial charge in [0.25, 0.3) is 0 Å². The summed E-state index contributed by atoms with van der Waals surface area (Å²) in [5.41, 5.74) is 5.25. The lowest BCUT2D eigenvalue weighted by Gasteiger charge is -2.09. The number of hydrogen-bond donors (Lipinski definition) is 2. The molecule has 0 bridgehead atoms. The molecule has 0 heterocycles. The third-order valence-corrected chi connectivity index (χ3v) is 3.35. The van der Waals surface area contributed by atoms with Crippen LogP contribution in [-0.2, 0) is 13.1 Å². The van der Waals surface area contributed by atoms with Crippen molar-refractivity contribution in [1.29, 1.82) is 0 Å². The van der Waals surface area contributed by atoms with Crippen molar-refractivity contribution in [2.75, 3.05) is 0 Å². The molecule has 0 saturated carbocycles. The fourth-order valence-corrected chi connectivity index (χ4v) is 2.10. The van der Waals surface area contributed by atoms with Crippen molar-refractivity contribution < 1.29 is 9.90 Å². The number of hydrogen-bond acceptors (Lipinski definition) is 2. The smallest absolute Gasteiger partial charge is 0.335 e. The van der Waals surface area contributed by atoms with Crippen LogP contribution < -0.4 is 5.32 Å². The molecule has 2 rings (SSSR count). The first kappa shape index (κ1) is 14.3. The number of nitrogens with one attached hydrogen (secondary N) is 1. The van der Waals surface area contributed by atoms with Crippen LogP contribution >= 0.6 is 0 Å². The summed E-state index contributed by atoms with van der Waals surface area (Å²) in [6.07, 6.45) is 0. The maximum atomic E-state index is 10.8. The standard InChI is InChI=1S/C17H19NO2/c1-12-3-4-13(2)16(9-12)11-18-10-14-5-7-15(8-6-14)17(19)20/h3-9,18H,10-11H2,1-2H3,(H,19,20). The molecule has 2 aromatic rings. The summed E-state index contributed by atoms with van der Waals surface area (Å²) in [6, 6.07) is 13.4. The highest BCUT2D eigenvalue weighted by Crippen LogP contribution is 2.11. The average molecular weight is 269 g/mol. The van der Waals surface area contributed by atoms with E-state index >= 15 is 0 Å². The summed E-state index contributed by atoms with van der Waals surface area (Å²) in [5.74, 6) is -0.889. The Morgan fingerprint density at radius 3 is 2.40 bits per heavy atom. The second-order valence-electron chi connectivity index (χ2n) is 5.04. The molecule has 0 aliphatic heterocycles. The molecule has 2 aromatic carbocycles. The highest BCUT2D eigenvalue weighted by molar-refractivity contribution is 5.87. The van der Waals surface area contributed by atoms with Gasteiger partial charge in [-0.1, -0.05) is 35.9 Å². The molecule has 0 spiro atoms. The summed E-state index contributed by atoms with van der Waals surface area (Å²) in [4.78, 5) is 10.8. The van der Waals surface area contributed by atoms with Crippen LogP contribution in [-0.4, -0.2) is 11.1 Å². The molecule has 0 radical (unpaired) electrons. The second kappa shape index (κ2) is 6.35. The molecule has 0 aromatic heterocycles. The van der Waals surface area contributed by atoms with Crippen LogP contribution in [0.2, 0.25) is 0 Å². The SMILES string of the molecule is Cc1ccc(C)c(CNCc2ccc(C(=O)O)cc2)c1. The highest BCUT2D eigenvalue weighted by atomic mass is 16.4. The maximum Gasteiger partial charge on any atom is 0.335 e. The van der Waals surface area contributed by atoms with Gasteiger partial charge in [0.1, 0.15) is 0 Å². The molecular formula is C17H19NO2. The van der Waals surface area contributed by atoms with Gasteiger partial charge in [-0.25, -0.2) is 4.79 Å². The van der Waals surface area contributed by atoms with Crippen molar-refractivity contribution in [2.24, 2.45) is 0 Å². The Morgan fingerprint density at radius 2 is 1.75 bits per heavy atom. The van der Waals surface area contributed by atoms with Gasteiger partial charge in [-0.05, 0) is 42.7 Å². The lowest BCUT2D eigenvalue weighted by Crippen LogP contribution is -2.13. The molecular weight excluding hydrogens is 250 g/mol. The summed E-state index contributed by atoms with van der Waals surface area (Å²) in [5, 5.41) is 12.2. The van der Waals surface area contributed by atoms with E-state index in [1.165, 1.54) is 16.7 Å². The van der Waals surface area contributed by atoms with Gasteiger partial charge in [0.2, 0.25) is 0 Å². The summed E-state index contributed by atoms with van der Waals surface area (Å²) in [6.45, 7) is 5.74. The van der Waals surface area contributed by atoms with Crippen molar-refractivity contribution in [3.8, 4) is 0 Å². The van der Waals surface area contributed by atoms with Crippen LogP contribution in [0.5, 0.6) is 0 Å². The molecule has 0 unspecified atom stereocenters. The van der Waals surface area contributed by atoms with Gasteiger partial charge in [0.05, 0.1) is 5.56 Å². The van der Waals surface area contributed by atoms with Crippen LogP contribution in [0.15, 0.2) is 42.5 Å². The molecule has 104 valence electrons. The number of rotatable bonds is 5. The van der Waals surface area contributed by atoms with E-state index in [0.717, 1.165) is 18.7 Å². The fraction of sp³-hybridized carbons (Fsp3) is 0.235. The van der Waals surface area contributed by atoms with Crippen molar-refractivity contribution in [3.63, 3.8) is 0 Å². The first-order valence-electron chi connectivity index (χ1n) is 6.65. The van der Waals surface area contributed by atoms with Crippen molar-refractivity contribution >= 4 is 5.97 Å². The van der Waals surface area contributed by atoms with Crippen LogP contribution in [0.3, 0.4) is 0 Å². The van der Waals surface area contributed by atoms with Crippen LogP contribution in [0.4, 0.5) is 0 Å². The topological polar surface area (TPSA) is 49.3 Å². The Bertz CT molecular complexity index is 603. The first-order valence-corrected chi connectivity index (χ1v) is 6.65. The number of carboxylic acids is 1. The Morgan fingerprint density at radius 1 is 1.05 bits per heavy atom. The van der Waals surface area contributed by atoms with Gasteiger partial charge in [-0.15, -0.1) is 0 Å². The number of aromatic carboxylic acids is 1. The molecule has 0 aliphatic carbocycles. The third kappa shape index (κ3) is 3.68. The van der Waals surface area contributed by atoms with Gasteiger partial charge in [-0.2, -0.15) is 0 Å². The van der Waals surface area contributed by atoms with E-state index in [0.29, 0.717) is 5.56 Å². The van der Waals surface area contributed by atoms with E-state index in [4.69, 9.17) is 5.11 Å². The fourth-order valence-electron chi connectivity index (χ4n) is 2.10. The maximum absolute atomic E-state index is 10.8. The predicted molar refractivity (Wildman–Crippen MR) is 79.9 cm³/mol. The molecule has 0 aliphatic rings. The lowest BCUT2D eigenvalue weighted by atomic mass is 10.1. The van der Waals surface area contributed by atoms with Gasteiger partial charge in [-0.3, -0.25) is 0 Å². The Kier molecular flexibility index (Phi) is 4.53. The normalized spacial score (nSPS) is 10.5. The molecule has 2 N–H and O–H groups in total. The van der Waals surface area contributed by atoms with E-state index in [1.807, 2.05) is 12.1 Å². The molecule has 0 atom stereocenters. The largest absolute Gasteiger partial charge is 0.478 e. The number of benzene rings is 2. The van der Waals surface area contributed by atoms with Crippen LogP contribution in [0.1, 0.15) is 32.6 Å². The van der Waals surface area contributed by atoms with Crippen LogP contribution in [0, 0.1) is 13.8 Å². The zero-order valence-corrected chi connectivity index (χ0v) is 11.8. The van der Waals surface area contributed by atoms with Gasteiger partial charge in [0, 0.05) is 13.1 Å². The van der Waals surface area contributed by atoms with E-state index in [9.17, 15) is 4.79 Å². The second-order valence-corrected chi connectivity index (χ2v) is 5.04. The highest BCUT2D eigenvalue weighted by Gasteiger charge is 2.02. The summed E-state index contributed by atoms with van der Waals surface area (Å²) >= 11 is 0. The molecule has 0 fully saturated rings. The number of carboxylic acid groups (broad SMARTS) is 1. The van der Waals surface area contributed by atoms with Gasteiger partial charge >= 0.3 is 5.97 Å². The zero-order chi connectivity index (χ0) is 14.5. The monoisotopic (exact) mass is 269 g/mol. The van der Waals surface area contributed by atoms with Crippen molar-refractivity contribution in [3.05, 3.63) is 70.3 Å².